The fraction of sp³-hybridized carbons (Fsp3) is 0.778. The predicted octanol–water partition coefficient (Wildman–Crippen LogP) is 2.65. The molecule has 0 aliphatic heterocycles. The Balaban J connectivity index is 1.71. The molecule has 0 radical (unpaired) electrons. The van der Waals surface area contributed by atoms with E-state index in [1.165, 1.54) is 6.42 Å². The summed E-state index contributed by atoms with van der Waals surface area (Å²) in [4.78, 5) is 25.7. The summed E-state index contributed by atoms with van der Waals surface area (Å²) in [6.45, 7) is 1.49. The van der Waals surface area contributed by atoms with Crippen LogP contribution in [0.2, 0.25) is 0 Å². The van der Waals surface area contributed by atoms with E-state index in [0.29, 0.717) is 17.3 Å². The lowest BCUT2D eigenvalue weighted by Crippen LogP contribution is -2.51. The molecule has 2 aliphatic rings. The maximum atomic E-state index is 13.2. The summed E-state index contributed by atoms with van der Waals surface area (Å²) in [5, 5.41) is 18.8. The number of nitrogens with zero attached hydrogens (tertiary/aromatic N) is 3. The maximum Gasteiger partial charge on any atom is 0.324 e. The van der Waals surface area contributed by atoms with Crippen LogP contribution < -0.4 is 10.0 Å². The lowest BCUT2D eigenvalue weighted by atomic mass is 9.84. The quantitative estimate of drug-likeness (QED) is 0.532. The predicted molar refractivity (Wildman–Crippen MR) is 112 cm³/mol. The molecule has 1 aromatic rings. The van der Waals surface area contributed by atoms with Gasteiger partial charge < -0.3 is 10.0 Å². The molecule has 2 aliphatic carbocycles. The third-order valence-electron chi connectivity index (χ3n) is 5.84. The van der Waals surface area contributed by atoms with Crippen molar-refractivity contribution < 1.29 is 23.1 Å². The molecular weight excluding hydrogens is 430 g/mol. The van der Waals surface area contributed by atoms with Crippen molar-refractivity contribution in [2.24, 2.45) is 5.92 Å². The lowest BCUT2D eigenvalue weighted by molar-refractivity contribution is -0.135. The molecule has 0 saturated heterocycles. The average Bonchev–Trinajstić information content (AvgIpc) is 3.18. The fourth-order valence-electron chi connectivity index (χ4n) is 4.25. The van der Waals surface area contributed by atoms with Crippen LogP contribution in [0.3, 0.4) is 0 Å². The van der Waals surface area contributed by atoms with Crippen molar-refractivity contribution in [2.75, 3.05) is 11.9 Å². The molecule has 3 N–H and O–H groups in total. The van der Waals surface area contributed by atoms with Crippen molar-refractivity contribution in [3.63, 3.8) is 0 Å². The van der Waals surface area contributed by atoms with Gasteiger partial charge >= 0.3 is 12.0 Å². The van der Waals surface area contributed by atoms with E-state index in [0.717, 1.165) is 51.4 Å². The van der Waals surface area contributed by atoms with Gasteiger partial charge in [-0.3, -0.25) is 10.1 Å². The number of aliphatic carboxylic acids is 1. The molecule has 2 amide bonds. The topological polar surface area (TPSA) is 142 Å². The molecule has 0 unspecified atom stereocenters. The smallest absolute Gasteiger partial charge is 0.324 e. The number of carboxylic acids is 1. The van der Waals surface area contributed by atoms with Crippen LogP contribution in [0, 0.1) is 5.92 Å². The highest BCUT2D eigenvalue weighted by atomic mass is 32.2. The first-order chi connectivity index (χ1) is 14.3. The highest BCUT2D eigenvalue weighted by molar-refractivity contribution is 7.91. The molecular formula is C18H29N5O5S2. The summed E-state index contributed by atoms with van der Waals surface area (Å²) in [6, 6.07) is 0.100. The summed E-state index contributed by atoms with van der Waals surface area (Å²) in [5.74, 6) is -0.631. The normalized spacial score (nSPS) is 23.1. The molecule has 0 bridgehead atoms. The molecule has 1 aromatic heterocycles. The monoisotopic (exact) mass is 459 g/mol. The van der Waals surface area contributed by atoms with Crippen LogP contribution >= 0.6 is 11.3 Å². The summed E-state index contributed by atoms with van der Waals surface area (Å²) in [5.41, 5.74) is 0. The third-order valence-corrected chi connectivity index (χ3v) is 8.45. The van der Waals surface area contributed by atoms with Crippen molar-refractivity contribution in [1.29, 1.82) is 0 Å². The first kappa shape index (κ1) is 22.9. The van der Waals surface area contributed by atoms with E-state index >= 15 is 0 Å². The second kappa shape index (κ2) is 10.0. The zero-order valence-electron chi connectivity index (χ0n) is 17.0. The summed E-state index contributed by atoms with van der Waals surface area (Å²) >= 11 is 0.707. The Kier molecular flexibility index (Phi) is 7.64. The number of hydrogen-bond donors (Lipinski definition) is 3. The number of sulfonamides is 1. The van der Waals surface area contributed by atoms with E-state index in [2.05, 4.69) is 22.4 Å². The molecule has 3 rings (SSSR count). The van der Waals surface area contributed by atoms with Crippen LogP contribution in [0.5, 0.6) is 0 Å². The highest BCUT2D eigenvalue weighted by Crippen LogP contribution is 2.33. The SMILES string of the molecule is C[C@H]1CC[C@H](N(C(=O)Nc2nnc(S(=O)(=O)NCC(=O)O)s2)C2CCCCC2)CC1. The van der Waals surface area contributed by atoms with Crippen LogP contribution in [-0.4, -0.2) is 59.3 Å². The minimum atomic E-state index is -4.09. The average molecular weight is 460 g/mol. The zero-order chi connectivity index (χ0) is 21.7. The lowest BCUT2D eigenvalue weighted by Gasteiger charge is -2.42. The van der Waals surface area contributed by atoms with E-state index in [1.807, 2.05) is 9.62 Å². The van der Waals surface area contributed by atoms with E-state index in [-0.39, 0.29) is 27.6 Å². The van der Waals surface area contributed by atoms with Gasteiger partial charge in [-0.05, 0) is 44.4 Å². The minimum Gasteiger partial charge on any atom is -0.480 e. The number of amides is 2. The Morgan fingerprint density at radius 1 is 1.07 bits per heavy atom. The van der Waals surface area contributed by atoms with E-state index < -0.39 is 22.5 Å². The Hall–Kier alpha value is -1.79. The molecule has 0 atom stereocenters. The molecule has 2 fully saturated rings. The molecule has 12 heteroatoms. The summed E-state index contributed by atoms with van der Waals surface area (Å²) in [6.07, 6.45) is 9.49. The van der Waals surface area contributed by atoms with Gasteiger partial charge in [0.15, 0.2) is 0 Å². The largest absolute Gasteiger partial charge is 0.480 e. The number of nitrogens with one attached hydrogen (secondary N) is 2. The Morgan fingerprint density at radius 3 is 2.33 bits per heavy atom. The number of hydrogen-bond acceptors (Lipinski definition) is 7. The van der Waals surface area contributed by atoms with Crippen LogP contribution in [0.25, 0.3) is 0 Å². The van der Waals surface area contributed by atoms with Crippen LogP contribution in [0.4, 0.5) is 9.93 Å². The Labute approximate surface area is 180 Å². The second-order valence-electron chi connectivity index (χ2n) is 8.13. The van der Waals surface area contributed by atoms with Crippen molar-refractivity contribution in [2.45, 2.75) is 81.1 Å². The number of carbonyl (C=O) groups is 2. The number of anilines is 1. The van der Waals surface area contributed by atoms with Gasteiger partial charge in [0.2, 0.25) is 9.47 Å². The van der Waals surface area contributed by atoms with Crippen LogP contribution in [0.15, 0.2) is 4.34 Å². The fourth-order valence-corrected chi connectivity index (χ4v) is 6.16. The van der Waals surface area contributed by atoms with Gasteiger partial charge in [0.1, 0.15) is 6.54 Å². The Bertz CT molecular complexity index is 845. The maximum absolute atomic E-state index is 13.2. The summed E-state index contributed by atoms with van der Waals surface area (Å²) < 4.78 is 25.8. The highest BCUT2D eigenvalue weighted by Gasteiger charge is 2.34. The number of carbonyl (C=O) groups excluding carboxylic acids is 1. The molecule has 0 aromatic carbocycles. The second-order valence-corrected chi connectivity index (χ2v) is 11.1. The minimum absolute atomic E-state index is 0.0840. The standard InChI is InChI=1S/C18H29N5O5S2/c1-12-7-9-14(10-8-12)23(13-5-3-2-4-6-13)17(26)20-16-21-22-18(29-16)30(27,28)19-11-15(24)25/h12-14,19H,2-11H2,1H3,(H,24,25)(H,20,21,26)/t12-,14-. The van der Waals surface area contributed by atoms with Crippen molar-refractivity contribution in [1.82, 2.24) is 19.8 Å². The molecule has 30 heavy (non-hydrogen) atoms. The molecule has 10 nitrogen and oxygen atoms in total. The van der Waals surface area contributed by atoms with Gasteiger partial charge in [0, 0.05) is 12.1 Å². The number of carboxylic acid groups (broad SMARTS) is 1. The van der Waals surface area contributed by atoms with Crippen molar-refractivity contribution >= 4 is 38.5 Å². The molecule has 1 heterocycles. The van der Waals surface area contributed by atoms with Gasteiger partial charge in [0.25, 0.3) is 10.0 Å². The van der Waals surface area contributed by atoms with Crippen LogP contribution in [-0.2, 0) is 14.8 Å². The molecule has 2 saturated carbocycles. The molecule has 0 spiro atoms. The van der Waals surface area contributed by atoms with E-state index in [9.17, 15) is 18.0 Å². The summed E-state index contributed by atoms with van der Waals surface area (Å²) in [7, 11) is -4.09. The zero-order valence-corrected chi connectivity index (χ0v) is 18.7. The Morgan fingerprint density at radius 2 is 1.70 bits per heavy atom. The van der Waals surface area contributed by atoms with E-state index in [4.69, 9.17) is 5.11 Å². The van der Waals surface area contributed by atoms with Crippen molar-refractivity contribution in [3.05, 3.63) is 0 Å². The number of urea groups is 1. The van der Waals surface area contributed by atoms with Gasteiger partial charge in [-0.15, -0.1) is 10.2 Å². The first-order valence-corrected chi connectivity index (χ1v) is 12.7. The third kappa shape index (κ3) is 5.88. The van der Waals surface area contributed by atoms with Gasteiger partial charge in [0.05, 0.1) is 0 Å². The van der Waals surface area contributed by atoms with Gasteiger partial charge in [-0.2, -0.15) is 4.72 Å². The number of rotatable bonds is 7. The van der Waals surface area contributed by atoms with Gasteiger partial charge in [-0.1, -0.05) is 37.5 Å². The van der Waals surface area contributed by atoms with E-state index in [1.54, 1.807) is 0 Å². The van der Waals surface area contributed by atoms with Gasteiger partial charge in [-0.25, -0.2) is 13.2 Å². The first-order valence-electron chi connectivity index (χ1n) is 10.4. The number of aromatic nitrogens is 2. The van der Waals surface area contributed by atoms with Crippen LogP contribution in [0.1, 0.15) is 64.7 Å². The van der Waals surface area contributed by atoms with Crippen molar-refractivity contribution in [3.8, 4) is 0 Å². The molecule has 168 valence electrons.